The topological polar surface area (TPSA) is 45.2 Å². The molecule has 0 spiro atoms. The van der Waals surface area contributed by atoms with Crippen LogP contribution in [0, 0.1) is 5.92 Å². The number of carbonyl (C=O) groups excluding carboxylic acids is 1. The van der Waals surface area contributed by atoms with E-state index in [9.17, 15) is 18.0 Å². The highest BCUT2D eigenvalue weighted by atomic mass is 32.1. The third-order valence-corrected chi connectivity index (χ3v) is 4.98. The van der Waals surface area contributed by atoms with Gasteiger partial charge in [0.2, 0.25) is 5.91 Å². The molecule has 1 N–H and O–H groups in total. The smallest absolute Gasteiger partial charge is 0.341 e. The van der Waals surface area contributed by atoms with Crippen LogP contribution in [0.2, 0.25) is 0 Å². The molecule has 1 aliphatic rings. The van der Waals surface area contributed by atoms with Crippen LogP contribution >= 0.6 is 11.3 Å². The molecule has 1 aromatic rings. The fourth-order valence-corrected chi connectivity index (χ4v) is 3.23. The number of rotatable bonds is 4. The second-order valence-electron chi connectivity index (χ2n) is 6.04. The number of likely N-dealkylation sites (tertiary alicyclic amines) is 1. The van der Waals surface area contributed by atoms with Crippen LogP contribution in [0.3, 0.4) is 0 Å². The van der Waals surface area contributed by atoms with Crippen molar-refractivity contribution >= 4 is 17.2 Å². The van der Waals surface area contributed by atoms with Crippen LogP contribution in [0.1, 0.15) is 31.7 Å². The zero-order valence-corrected chi connectivity index (χ0v) is 13.4. The van der Waals surface area contributed by atoms with Crippen molar-refractivity contribution in [2.24, 2.45) is 5.92 Å². The Hall–Kier alpha value is -1.15. The van der Waals surface area contributed by atoms with Gasteiger partial charge in [-0.15, -0.1) is 11.3 Å². The highest BCUT2D eigenvalue weighted by molar-refractivity contribution is 7.09. The Morgan fingerprint density at radius 2 is 2.23 bits per heavy atom. The van der Waals surface area contributed by atoms with E-state index in [1.165, 1.54) is 16.2 Å². The Labute approximate surface area is 131 Å². The maximum atomic E-state index is 12.8. The lowest BCUT2D eigenvalue weighted by molar-refractivity contribution is -0.187. The number of hydrogen-bond acceptors (Lipinski definition) is 4. The van der Waals surface area contributed by atoms with Crippen LogP contribution in [0.25, 0.3) is 0 Å². The second kappa shape index (κ2) is 6.54. The van der Waals surface area contributed by atoms with Crippen molar-refractivity contribution in [2.45, 2.75) is 38.4 Å². The van der Waals surface area contributed by atoms with Gasteiger partial charge in [-0.2, -0.15) is 13.2 Å². The Morgan fingerprint density at radius 1 is 1.50 bits per heavy atom. The van der Waals surface area contributed by atoms with Crippen molar-refractivity contribution in [1.82, 2.24) is 15.2 Å². The van der Waals surface area contributed by atoms with E-state index in [2.05, 4.69) is 10.3 Å². The number of thiazole rings is 1. The number of carbonyl (C=O) groups is 1. The molecule has 1 aromatic heterocycles. The summed E-state index contributed by atoms with van der Waals surface area (Å²) in [4.78, 5) is 17.7. The molecule has 1 fully saturated rings. The maximum Gasteiger partial charge on any atom is 0.393 e. The van der Waals surface area contributed by atoms with Gasteiger partial charge >= 0.3 is 6.18 Å². The summed E-state index contributed by atoms with van der Waals surface area (Å²) >= 11 is 1.47. The second-order valence-corrected chi connectivity index (χ2v) is 6.93. The zero-order chi connectivity index (χ0) is 16.4. The third kappa shape index (κ3) is 4.19. The van der Waals surface area contributed by atoms with Crippen molar-refractivity contribution in [1.29, 1.82) is 0 Å². The minimum Gasteiger partial charge on any atom is -0.341 e. The predicted octanol–water partition coefficient (Wildman–Crippen LogP) is 2.77. The minimum atomic E-state index is -4.23. The van der Waals surface area contributed by atoms with Gasteiger partial charge in [0.25, 0.3) is 0 Å². The standard InChI is InChI=1S/C14H20F3N3OS/c1-13(2,12-18-5-7-22-12)19-8-11(21)20-6-3-4-10(9-20)14(15,16)17/h5,7,10,19H,3-4,6,8-9H2,1-2H3/t10-/m1/s1. The molecule has 0 radical (unpaired) electrons. The number of halogens is 3. The van der Waals surface area contributed by atoms with Crippen LogP contribution in [-0.2, 0) is 10.3 Å². The van der Waals surface area contributed by atoms with E-state index < -0.39 is 17.6 Å². The first kappa shape index (κ1) is 17.2. The molecule has 0 aliphatic carbocycles. The molecule has 2 heterocycles. The van der Waals surface area contributed by atoms with E-state index in [1.807, 2.05) is 19.2 Å². The van der Waals surface area contributed by atoms with Crippen LogP contribution in [0.5, 0.6) is 0 Å². The summed E-state index contributed by atoms with van der Waals surface area (Å²) in [7, 11) is 0. The van der Waals surface area contributed by atoms with Crippen molar-refractivity contribution in [3.8, 4) is 0 Å². The van der Waals surface area contributed by atoms with Gasteiger partial charge in [-0.1, -0.05) is 0 Å². The number of hydrogen-bond donors (Lipinski definition) is 1. The van der Waals surface area contributed by atoms with E-state index >= 15 is 0 Å². The number of nitrogens with zero attached hydrogens (tertiary/aromatic N) is 2. The van der Waals surface area contributed by atoms with Crippen molar-refractivity contribution in [2.75, 3.05) is 19.6 Å². The van der Waals surface area contributed by atoms with E-state index in [1.54, 1.807) is 6.20 Å². The molecular formula is C14H20F3N3OS. The largest absolute Gasteiger partial charge is 0.393 e. The van der Waals surface area contributed by atoms with Gasteiger partial charge in [0.05, 0.1) is 18.0 Å². The summed E-state index contributed by atoms with van der Waals surface area (Å²) in [6.07, 6.45) is -2.05. The number of piperidine rings is 1. The van der Waals surface area contributed by atoms with Crippen molar-refractivity contribution in [3.63, 3.8) is 0 Å². The number of nitrogens with one attached hydrogen (secondary N) is 1. The summed E-state index contributed by atoms with van der Waals surface area (Å²) in [6.45, 7) is 3.96. The molecule has 0 bridgehead atoms. The lowest BCUT2D eigenvalue weighted by Gasteiger charge is -2.34. The molecule has 8 heteroatoms. The lowest BCUT2D eigenvalue weighted by atomic mass is 9.97. The molecule has 0 unspecified atom stereocenters. The first-order valence-corrected chi connectivity index (χ1v) is 8.07. The highest BCUT2D eigenvalue weighted by Crippen LogP contribution is 2.33. The molecule has 4 nitrogen and oxygen atoms in total. The molecule has 1 amide bonds. The molecule has 1 atom stereocenters. The van der Waals surface area contributed by atoms with Gasteiger partial charge in [-0.3, -0.25) is 10.1 Å². The average molecular weight is 335 g/mol. The summed E-state index contributed by atoms with van der Waals surface area (Å²) < 4.78 is 38.3. The molecular weight excluding hydrogens is 315 g/mol. The van der Waals surface area contributed by atoms with E-state index in [0.717, 1.165) is 5.01 Å². The fraction of sp³-hybridized carbons (Fsp3) is 0.714. The minimum absolute atomic E-state index is 0.0111. The molecule has 124 valence electrons. The Bertz CT molecular complexity index is 502. The number of alkyl halides is 3. The first-order chi connectivity index (χ1) is 10.2. The van der Waals surface area contributed by atoms with Gasteiger partial charge in [0.1, 0.15) is 5.01 Å². The van der Waals surface area contributed by atoms with Gasteiger partial charge in [-0.25, -0.2) is 4.98 Å². The van der Waals surface area contributed by atoms with Crippen LogP contribution in [-0.4, -0.2) is 41.6 Å². The highest BCUT2D eigenvalue weighted by Gasteiger charge is 2.42. The van der Waals surface area contributed by atoms with Gasteiger partial charge in [-0.05, 0) is 26.7 Å². The van der Waals surface area contributed by atoms with Crippen molar-refractivity contribution in [3.05, 3.63) is 16.6 Å². The van der Waals surface area contributed by atoms with Crippen LogP contribution in [0.15, 0.2) is 11.6 Å². The summed E-state index contributed by atoms with van der Waals surface area (Å²) in [5, 5.41) is 5.77. The lowest BCUT2D eigenvalue weighted by Crippen LogP contribution is -2.49. The van der Waals surface area contributed by atoms with Gasteiger partial charge in [0, 0.05) is 24.7 Å². The first-order valence-electron chi connectivity index (χ1n) is 7.19. The van der Waals surface area contributed by atoms with Gasteiger partial charge < -0.3 is 4.90 Å². The quantitative estimate of drug-likeness (QED) is 0.920. The Balaban J connectivity index is 1.89. The Morgan fingerprint density at radius 3 is 2.82 bits per heavy atom. The van der Waals surface area contributed by atoms with Crippen LogP contribution in [0.4, 0.5) is 13.2 Å². The predicted molar refractivity (Wildman–Crippen MR) is 78.5 cm³/mol. The van der Waals surface area contributed by atoms with E-state index in [-0.39, 0.29) is 25.4 Å². The van der Waals surface area contributed by atoms with Gasteiger partial charge in [0.15, 0.2) is 0 Å². The summed E-state index contributed by atoms with van der Waals surface area (Å²) in [5.41, 5.74) is -0.483. The molecule has 2 rings (SSSR count). The maximum absolute atomic E-state index is 12.8. The zero-order valence-electron chi connectivity index (χ0n) is 12.6. The summed E-state index contributed by atoms with van der Waals surface area (Å²) in [6, 6.07) is 0. The number of amides is 1. The number of aromatic nitrogens is 1. The molecule has 0 saturated carbocycles. The SMILES string of the molecule is CC(C)(NCC(=O)N1CCC[C@@H](C(F)(F)F)C1)c1nccs1. The average Bonchev–Trinajstić information content (AvgIpc) is 2.99. The van der Waals surface area contributed by atoms with E-state index in [4.69, 9.17) is 0 Å². The molecule has 1 aliphatic heterocycles. The molecule has 1 saturated heterocycles. The van der Waals surface area contributed by atoms with Crippen molar-refractivity contribution < 1.29 is 18.0 Å². The third-order valence-electron chi connectivity index (χ3n) is 3.89. The normalized spacial score (nSPS) is 20.2. The Kier molecular flexibility index (Phi) is 5.11. The van der Waals surface area contributed by atoms with Crippen LogP contribution < -0.4 is 5.32 Å². The summed E-state index contributed by atoms with van der Waals surface area (Å²) in [5.74, 6) is -1.70. The fourth-order valence-electron chi connectivity index (χ4n) is 2.49. The van der Waals surface area contributed by atoms with E-state index in [0.29, 0.717) is 13.0 Å². The molecule has 22 heavy (non-hydrogen) atoms. The monoisotopic (exact) mass is 335 g/mol. The molecule has 0 aromatic carbocycles.